The summed E-state index contributed by atoms with van der Waals surface area (Å²) in [4.78, 5) is 12.4. The lowest BCUT2D eigenvalue weighted by Gasteiger charge is -2.28. The normalized spacial score (nSPS) is 12.4. The number of rotatable bonds is 11. The van der Waals surface area contributed by atoms with Gasteiger partial charge in [0, 0.05) is 24.2 Å². The third-order valence-electron chi connectivity index (χ3n) is 5.91. The van der Waals surface area contributed by atoms with Gasteiger partial charge < -0.3 is 26.0 Å². The lowest BCUT2D eigenvalue weighted by Crippen LogP contribution is -2.43. The number of hydrogen-bond donors (Lipinski definition) is 5. The largest absolute Gasteiger partial charge is 0.508 e. The van der Waals surface area contributed by atoms with E-state index in [1.165, 1.54) is 6.07 Å². The van der Waals surface area contributed by atoms with E-state index in [0.717, 1.165) is 16.7 Å². The average Bonchev–Trinajstić information content (AvgIpc) is 2.84. The highest BCUT2D eigenvalue weighted by Crippen LogP contribution is 2.24. The fourth-order valence-electron chi connectivity index (χ4n) is 3.95. The van der Waals surface area contributed by atoms with Gasteiger partial charge in [-0.3, -0.25) is 4.79 Å². The molecule has 3 aromatic carbocycles. The smallest absolute Gasteiger partial charge is 0.224 e. The van der Waals surface area contributed by atoms with Crippen molar-refractivity contribution in [2.75, 3.05) is 6.54 Å². The predicted molar refractivity (Wildman–Crippen MR) is 143 cm³/mol. The van der Waals surface area contributed by atoms with Crippen LogP contribution in [0.5, 0.6) is 5.75 Å². The van der Waals surface area contributed by atoms with Gasteiger partial charge in [0.05, 0.1) is 29.2 Å². The van der Waals surface area contributed by atoms with Crippen molar-refractivity contribution in [3.63, 3.8) is 0 Å². The maximum Gasteiger partial charge on any atom is 0.224 e. The number of amides is 1. The Balaban J connectivity index is 1.52. The van der Waals surface area contributed by atoms with E-state index in [1.807, 2.05) is 18.2 Å². The van der Waals surface area contributed by atoms with Crippen LogP contribution in [0.2, 0.25) is 10.0 Å². The molecule has 36 heavy (non-hydrogen) atoms. The minimum Gasteiger partial charge on any atom is -0.508 e. The highest BCUT2D eigenvalue weighted by molar-refractivity contribution is 6.42. The van der Waals surface area contributed by atoms with Crippen molar-refractivity contribution < 1.29 is 20.1 Å². The van der Waals surface area contributed by atoms with Gasteiger partial charge in [-0.05, 0) is 66.8 Å². The zero-order valence-corrected chi connectivity index (χ0v) is 21.9. The van der Waals surface area contributed by atoms with Gasteiger partial charge >= 0.3 is 0 Å². The van der Waals surface area contributed by atoms with Crippen LogP contribution in [-0.4, -0.2) is 33.3 Å². The summed E-state index contributed by atoms with van der Waals surface area (Å²) in [5.41, 5.74) is 3.58. The number of phenols is 1. The van der Waals surface area contributed by atoms with Crippen LogP contribution in [0.1, 0.15) is 47.8 Å². The predicted octanol–water partition coefficient (Wildman–Crippen LogP) is 4.69. The number of hydrogen-bond acceptors (Lipinski definition) is 5. The van der Waals surface area contributed by atoms with E-state index < -0.39 is 6.10 Å². The van der Waals surface area contributed by atoms with E-state index in [4.69, 9.17) is 23.2 Å². The van der Waals surface area contributed by atoms with Gasteiger partial charge in [-0.15, -0.1) is 0 Å². The Kier molecular flexibility index (Phi) is 9.77. The molecule has 192 valence electrons. The van der Waals surface area contributed by atoms with Gasteiger partial charge in [-0.25, -0.2) is 0 Å². The summed E-state index contributed by atoms with van der Waals surface area (Å²) >= 11 is 12.0. The molecular weight excluding hydrogens is 499 g/mol. The first-order valence-corrected chi connectivity index (χ1v) is 12.5. The van der Waals surface area contributed by atoms with Crippen LogP contribution < -0.4 is 10.6 Å². The second-order valence-electron chi connectivity index (χ2n) is 9.53. The van der Waals surface area contributed by atoms with Crippen LogP contribution in [0.15, 0.2) is 60.7 Å². The number of aliphatic hydroxyl groups is 2. The van der Waals surface area contributed by atoms with Crippen molar-refractivity contribution >= 4 is 29.1 Å². The minimum atomic E-state index is -0.785. The number of carbonyl (C=O) groups is 1. The van der Waals surface area contributed by atoms with Gasteiger partial charge in [0.25, 0.3) is 0 Å². The number of carbonyl (C=O) groups excluding carboxylic acids is 1. The van der Waals surface area contributed by atoms with Gasteiger partial charge in [0.2, 0.25) is 5.91 Å². The van der Waals surface area contributed by atoms with Crippen LogP contribution >= 0.6 is 23.2 Å². The van der Waals surface area contributed by atoms with Crippen LogP contribution in [-0.2, 0) is 30.8 Å². The quantitative estimate of drug-likeness (QED) is 0.247. The fourth-order valence-corrected chi connectivity index (χ4v) is 4.27. The van der Waals surface area contributed by atoms with E-state index in [0.29, 0.717) is 40.7 Å². The fraction of sp³-hybridized carbons (Fsp3) is 0.321. The monoisotopic (exact) mass is 530 g/mol. The molecule has 0 spiro atoms. The van der Waals surface area contributed by atoms with Gasteiger partial charge in [0.1, 0.15) is 5.75 Å². The highest BCUT2D eigenvalue weighted by atomic mass is 35.5. The Bertz CT molecular complexity index is 1200. The molecule has 0 fully saturated rings. The molecule has 0 aromatic heterocycles. The number of halogens is 2. The molecule has 0 aliphatic rings. The summed E-state index contributed by atoms with van der Waals surface area (Å²) in [5.74, 6) is -0.0967. The van der Waals surface area contributed by atoms with Gasteiger partial charge in [-0.1, -0.05) is 59.6 Å². The van der Waals surface area contributed by atoms with Crippen LogP contribution in [0.4, 0.5) is 0 Å². The van der Waals surface area contributed by atoms with Crippen LogP contribution in [0.3, 0.4) is 0 Å². The van der Waals surface area contributed by atoms with Gasteiger partial charge in [0.15, 0.2) is 0 Å². The number of aromatic hydroxyl groups is 1. The molecule has 1 amide bonds. The standard InChI is InChI=1S/C28H32Cl2N2O4/c1-28(2,32-16-26(35)21-7-9-25(34)22(13-21)17-33)14-19-4-3-5-20(10-19)15-31-27(36)12-18-6-8-23(29)24(30)11-18/h3-11,13,26,32-35H,12,14-17H2,1-2H3,(H,31,36)/t26-/m0/s1. The lowest BCUT2D eigenvalue weighted by atomic mass is 9.93. The molecule has 0 heterocycles. The molecule has 3 rings (SSSR count). The molecule has 8 heteroatoms. The molecular formula is C28H32Cl2N2O4. The van der Waals surface area contributed by atoms with E-state index >= 15 is 0 Å². The Morgan fingerprint density at radius 1 is 0.972 bits per heavy atom. The summed E-state index contributed by atoms with van der Waals surface area (Å²) in [6, 6.07) is 17.9. The average molecular weight is 531 g/mol. The van der Waals surface area contributed by atoms with Crippen molar-refractivity contribution in [2.45, 2.75) is 51.5 Å². The minimum absolute atomic E-state index is 0.00665. The van der Waals surface area contributed by atoms with E-state index in [1.54, 1.807) is 30.3 Å². The number of benzene rings is 3. The summed E-state index contributed by atoms with van der Waals surface area (Å²) < 4.78 is 0. The van der Waals surface area contributed by atoms with Gasteiger partial charge in [-0.2, -0.15) is 0 Å². The SMILES string of the molecule is CC(C)(Cc1cccc(CNC(=O)Cc2ccc(Cl)c(Cl)c2)c1)NC[C@H](O)c1ccc(O)c(CO)c1. The molecule has 0 aliphatic carbocycles. The molecule has 3 aromatic rings. The molecule has 0 saturated carbocycles. The number of aliphatic hydroxyl groups excluding tert-OH is 2. The second-order valence-corrected chi connectivity index (χ2v) is 10.3. The summed E-state index contributed by atoms with van der Waals surface area (Å²) in [5, 5.41) is 36.9. The zero-order chi connectivity index (χ0) is 26.3. The Hall–Kier alpha value is -2.61. The molecule has 0 radical (unpaired) electrons. The molecule has 5 N–H and O–H groups in total. The molecule has 0 saturated heterocycles. The third-order valence-corrected chi connectivity index (χ3v) is 6.65. The first kappa shape index (κ1) is 28.0. The third kappa shape index (κ3) is 8.22. The van der Waals surface area contributed by atoms with Crippen molar-refractivity contribution in [2.24, 2.45) is 0 Å². The van der Waals surface area contributed by atoms with E-state index in [-0.39, 0.29) is 30.2 Å². The van der Waals surface area contributed by atoms with Crippen molar-refractivity contribution in [1.29, 1.82) is 0 Å². The van der Waals surface area contributed by atoms with E-state index in [9.17, 15) is 20.1 Å². The van der Waals surface area contributed by atoms with Crippen molar-refractivity contribution in [3.8, 4) is 5.75 Å². The lowest BCUT2D eigenvalue weighted by molar-refractivity contribution is -0.120. The van der Waals surface area contributed by atoms with E-state index in [2.05, 4.69) is 30.5 Å². The summed E-state index contributed by atoms with van der Waals surface area (Å²) in [6.45, 7) is 4.54. The zero-order valence-electron chi connectivity index (χ0n) is 20.4. The molecule has 1 atom stereocenters. The molecule has 0 bridgehead atoms. The highest BCUT2D eigenvalue weighted by Gasteiger charge is 2.20. The molecule has 0 aliphatic heterocycles. The van der Waals surface area contributed by atoms with Crippen LogP contribution in [0, 0.1) is 0 Å². The number of nitrogens with one attached hydrogen (secondary N) is 2. The number of β-amino-alcohol motifs (C(OH)–C–C–N with tert-alkyl or cyclic N) is 1. The summed E-state index contributed by atoms with van der Waals surface area (Å²) in [7, 11) is 0. The molecule has 0 unspecified atom stereocenters. The Morgan fingerprint density at radius 2 is 1.72 bits per heavy atom. The van der Waals surface area contributed by atoms with Crippen LogP contribution in [0.25, 0.3) is 0 Å². The van der Waals surface area contributed by atoms with Crippen molar-refractivity contribution in [1.82, 2.24) is 10.6 Å². The Labute approximate surface area is 221 Å². The topological polar surface area (TPSA) is 102 Å². The maximum absolute atomic E-state index is 12.4. The second kappa shape index (κ2) is 12.6. The summed E-state index contributed by atoms with van der Waals surface area (Å²) in [6.07, 6.45) is 0.145. The first-order valence-electron chi connectivity index (χ1n) is 11.7. The Morgan fingerprint density at radius 3 is 2.44 bits per heavy atom. The maximum atomic E-state index is 12.4. The molecule has 6 nitrogen and oxygen atoms in total. The van der Waals surface area contributed by atoms with Crippen molar-refractivity contribution in [3.05, 3.63) is 98.5 Å². The first-order chi connectivity index (χ1) is 17.1.